The summed E-state index contributed by atoms with van der Waals surface area (Å²) in [6.45, 7) is 10.6. The highest BCUT2D eigenvalue weighted by molar-refractivity contribution is 6.30. The number of benzene rings is 1. The minimum absolute atomic E-state index is 0.0305. The molecule has 0 fully saturated rings. The van der Waals surface area contributed by atoms with Crippen molar-refractivity contribution in [1.82, 2.24) is 10.3 Å². The third-order valence-corrected chi connectivity index (χ3v) is 4.88. The Morgan fingerprint density at radius 2 is 1.95 bits per heavy atom. The summed E-state index contributed by atoms with van der Waals surface area (Å²) in [7, 11) is 0. The zero-order valence-electron chi connectivity index (χ0n) is 13.4. The van der Waals surface area contributed by atoms with Crippen molar-refractivity contribution >= 4 is 11.6 Å². The molecule has 0 saturated carbocycles. The summed E-state index contributed by atoms with van der Waals surface area (Å²) >= 11 is 5.74. The van der Waals surface area contributed by atoms with Gasteiger partial charge in [0.2, 0.25) is 0 Å². The van der Waals surface area contributed by atoms with Gasteiger partial charge < -0.3 is 0 Å². The van der Waals surface area contributed by atoms with Gasteiger partial charge in [-0.05, 0) is 50.6 Å². The third-order valence-electron chi connectivity index (χ3n) is 4.58. The zero-order valence-corrected chi connectivity index (χ0v) is 14.2. The molecule has 0 aliphatic carbocycles. The Bertz CT molecular complexity index is 451. The van der Waals surface area contributed by atoms with Gasteiger partial charge in [0.1, 0.15) is 5.82 Å². The molecule has 0 saturated heterocycles. The lowest BCUT2D eigenvalue weighted by Crippen LogP contribution is -2.61. The number of rotatable bonds is 8. The van der Waals surface area contributed by atoms with E-state index >= 15 is 0 Å². The van der Waals surface area contributed by atoms with Crippen LogP contribution in [0, 0.1) is 5.82 Å². The Morgan fingerprint density at radius 1 is 1.33 bits per heavy atom. The number of hydrogen-bond donors (Lipinski definition) is 2. The molecule has 1 aromatic rings. The molecule has 3 N–H and O–H groups in total. The number of nitrogens with zero attached hydrogens (tertiary/aromatic N) is 1. The molecule has 1 aromatic carbocycles. The third kappa shape index (κ3) is 4.16. The van der Waals surface area contributed by atoms with Gasteiger partial charge in [0, 0.05) is 11.6 Å². The molecule has 0 bridgehead atoms. The van der Waals surface area contributed by atoms with Crippen molar-refractivity contribution in [2.45, 2.75) is 52.1 Å². The average Bonchev–Trinajstić information content (AvgIpc) is 2.49. The van der Waals surface area contributed by atoms with Crippen LogP contribution in [0.2, 0.25) is 5.02 Å². The number of nitrogens with two attached hydrogens (primary N) is 1. The molecule has 3 nitrogen and oxygen atoms in total. The molecule has 5 heteroatoms. The van der Waals surface area contributed by atoms with Gasteiger partial charge in [-0.15, -0.1) is 0 Å². The van der Waals surface area contributed by atoms with Crippen LogP contribution < -0.4 is 11.3 Å². The first-order valence-corrected chi connectivity index (χ1v) is 7.95. The van der Waals surface area contributed by atoms with E-state index in [9.17, 15) is 4.39 Å². The molecule has 21 heavy (non-hydrogen) atoms. The van der Waals surface area contributed by atoms with Gasteiger partial charge in [-0.25, -0.2) is 4.39 Å². The summed E-state index contributed by atoms with van der Waals surface area (Å²) in [4.78, 5) is 2.39. The largest absolute Gasteiger partial charge is 0.297 e. The molecular formula is C16H27ClFN3. The van der Waals surface area contributed by atoms with Crippen LogP contribution in [0.1, 0.15) is 39.7 Å². The lowest BCUT2D eigenvalue weighted by molar-refractivity contribution is 0.0701. The maximum Gasteiger partial charge on any atom is 0.142 e. The van der Waals surface area contributed by atoms with Crippen molar-refractivity contribution in [2.75, 3.05) is 13.1 Å². The standard InChI is InChI=1S/C16H27ClFN3/c1-5-16(4,21(6-2)7-3)15(20-19)11-12-8-9-13(17)14(18)10-12/h8-10,15,20H,5-7,11,19H2,1-4H3. The zero-order chi connectivity index (χ0) is 16.0. The van der Waals surface area contributed by atoms with Crippen LogP contribution >= 0.6 is 11.6 Å². The Hall–Kier alpha value is -0.680. The molecule has 0 spiro atoms. The minimum atomic E-state index is -0.383. The van der Waals surface area contributed by atoms with Gasteiger partial charge >= 0.3 is 0 Å². The minimum Gasteiger partial charge on any atom is -0.297 e. The van der Waals surface area contributed by atoms with Gasteiger partial charge in [0.25, 0.3) is 0 Å². The van der Waals surface area contributed by atoms with Crippen LogP contribution in [0.3, 0.4) is 0 Å². The first-order chi connectivity index (χ1) is 9.92. The predicted molar refractivity (Wildman–Crippen MR) is 87.8 cm³/mol. The van der Waals surface area contributed by atoms with Crippen LogP contribution in [0.15, 0.2) is 18.2 Å². The van der Waals surface area contributed by atoms with E-state index in [4.69, 9.17) is 17.4 Å². The second-order valence-electron chi connectivity index (χ2n) is 5.55. The van der Waals surface area contributed by atoms with Crippen molar-refractivity contribution in [2.24, 2.45) is 5.84 Å². The van der Waals surface area contributed by atoms with Crippen LogP contribution in [-0.2, 0) is 6.42 Å². The van der Waals surface area contributed by atoms with Gasteiger partial charge in [0.05, 0.1) is 5.02 Å². The van der Waals surface area contributed by atoms with E-state index in [0.717, 1.165) is 25.1 Å². The highest BCUT2D eigenvalue weighted by Gasteiger charge is 2.36. The van der Waals surface area contributed by atoms with E-state index in [1.807, 2.05) is 6.07 Å². The molecule has 2 unspecified atom stereocenters. The molecular weight excluding hydrogens is 289 g/mol. The maximum atomic E-state index is 13.6. The second-order valence-corrected chi connectivity index (χ2v) is 5.96. The van der Waals surface area contributed by atoms with Crippen LogP contribution in [0.25, 0.3) is 0 Å². The quantitative estimate of drug-likeness (QED) is 0.571. The SMILES string of the molecule is CCN(CC)C(C)(CC)C(Cc1ccc(Cl)c(F)c1)NN. The van der Waals surface area contributed by atoms with Gasteiger partial charge in [-0.3, -0.25) is 16.2 Å². The van der Waals surface area contributed by atoms with Crippen LogP contribution in [0.5, 0.6) is 0 Å². The second kappa shape index (κ2) is 8.08. The average molecular weight is 316 g/mol. The summed E-state index contributed by atoms with van der Waals surface area (Å²) in [5.41, 5.74) is 3.73. The van der Waals surface area contributed by atoms with E-state index in [2.05, 4.69) is 38.0 Å². The first kappa shape index (κ1) is 18.4. The number of hydrogen-bond acceptors (Lipinski definition) is 3. The number of likely N-dealkylation sites (N-methyl/N-ethyl adjacent to an activating group) is 1. The van der Waals surface area contributed by atoms with E-state index in [-0.39, 0.29) is 22.4 Å². The van der Waals surface area contributed by atoms with E-state index in [0.29, 0.717) is 6.42 Å². The summed E-state index contributed by atoms with van der Waals surface area (Å²) < 4.78 is 13.6. The molecule has 0 aliphatic rings. The molecule has 0 aliphatic heterocycles. The van der Waals surface area contributed by atoms with Crippen molar-refractivity contribution < 1.29 is 4.39 Å². The molecule has 120 valence electrons. The van der Waals surface area contributed by atoms with Gasteiger partial charge in [-0.2, -0.15) is 0 Å². The number of nitrogens with one attached hydrogen (secondary N) is 1. The molecule has 1 rings (SSSR count). The van der Waals surface area contributed by atoms with Crippen molar-refractivity contribution in [3.05, 3.63) is 34.6 Å². The lowest BCUT2D eigenvalue weighted by Gasteiger charge is -2.45. The van der Waals surface area contributed by atoms with Crippen molar-refractivity contribution in [1.29, 1.82) is 0 Å². The summed E-state index contributed by atoms with van der Waals surface area (Å²) in [6, 6.07) is 4.97. The molecule has 0 heterocycles. The molecule has 0 aromatic heterocycles. The highest BCUT2D eigenvalue weighted by atomic mass is 35.5. The van der Waals surface area contributed by atoms with Gasteiger partial charge in [-0.1, -0.05) is 38.4 Å². The Balaban J connectivity index is 3.01. The lowest BCUT2D eigenvalue weighted by atomic mass is 9.83. The number of halogens is 2. The Kier molecular flexibility index (Phi) is 7.07. The van der Waals surface area contributed by atoms with Crippen LogP contribution in [-0.4, -0.2) is 29.6 Å². The van der Waals surface area contributed by atoms with Crippen molar-refractivity contribution in [3.8, 4) is 0 Å². The molecule has 0 amide bonds. The van der Waals surface area contributed by atoms with Crippen LogP contribution in [0.4, 0.5) is 4.39 Å². The first-order valence-electron chi connectivity index (χ1n) is 7.57. The number of hydrazine groups is 1. The van der Waals surface area contributed by atoms with E-state index < -0.39 is 0 Å². The Labute approximate surface area is 132 Å². The van der Waals surface area contributed by atoms with Gasteiger partial charge in [0.15, 0.2) is 0 Å². The van der Waals surface area contributed by atoms with Crippen molar-refractivity contribution in [3.63, 3.8) is 0 Å². The summed E-state index contributed by atoms with van der Waals surface area (Å²) in [5.74, 6) is 5.42. The highest BCUT2D eigenvalue weighted by Crippen LogP contribution is 2.26. The van der Waals surface area contributed by atoms with E-state index in [1.54, 1.807) is 6.07 Å². The summed E-state index contributed by atoms with van der Waals surface area (Å²) in [6.07, 6.45) is 1.62. The monoisotopic (exact) mass is 315 g/mol. The molecule has 2 atom stereocenters. The fourth-order valence-corrected chi connectivity index (χ4v) is 3.11. The topological polar surface area (TPSA) is 41.3 Å². The van der Waals surface area contributed by atoms with E-state index in [1.165, 1.54) is 6.07 Å². The fraction of sp³-hybridized carbons (Fsp3) is 0.625. The summed E-state index contributed by atoms with van der Waals surface area (Å²) in [5, 5.41) is 0.151. The Morgan fingerprint density at radius 3 is 2.38 bits per heavy atom. The normalized spacial score (nSPS) is 16.0. The predicted octanol–water partition coefficient (Wildman–Crippen LogP) is 3.36. The molecule has 0 radical (unpaired) electrons. The smallest absolute Gasteiger partial charge is 0.142 e. The maximum absolute atomic E-state index is 13.6. The fourth-order valence-electron chi connectivity index (χ4n) is 3.00.